The summed E-state index contributed by atoms with van der Waals surface area (Å²) in [6, 6.07) is 22.9. The molecule has 0 amide bonds. The van der Waals surface area contributed by atoms with Crippen molar-refractivity contribution in [3.05, 3.63) is 72.3 Å². The standard InChI is InChI=1S/C18H15NO/c1-3-9-16-14(6-1)8-5-11-18(16)20-19-13-12-15-7-2-4-10-17(15)19/h1-11H,12-13H2. The van der Waals surface area contributed by atoms with E-state index in [-0.39, 0.29) is 0 Å². The third-order valence-electron chi connectivity index (χ3n) is 3.80. The largest absolute Gasteiger partial charge is 0.379 e. The molecule has 0 radical (unpaired) electrons. The third kappa shape index (κ3) is 1.81. The van der Waals surface area contributed by atoms with E-state index >= 15 is 0 Å². The highest BCUT2D eigenvalue weighted by molar-refractivity contribution is 5.88. The van der Waals surface area contributed by atoms with Crippen LogP contribution in [0.25, 0.3) is 10.8 Å². The van der Waals surface area contributed by atoms with Crippen LogP contribution in [-0.4, -0.2) is 6.54 Å². The average molecular weight is 261 g/mol. The summed E-state index contributed by atoms with van der Waals surface area (Å²) in [5, 5.41) is 4.36. The molecular weight excluding hydrogens is 246 g/mol. The molecule has 0 N–H and O–H groups in total. The number of fused-ring (bicyclic) bond motifs is 2. The minimum Gasteiger partial charge on any atom is -0.379 e. The maximum absolute atomic E-state index is 6.15. The molecule has 0 bridgehead atoms. The lowest BCUT2D eigenvalue weighted by atomic mass is 10.1. The highest BCUT2D eigenvalue weighted by Crippen LogP contribution is 2.31. The van der Waals surface area contributed by atoms with Gasteiger partial charge in [0, 0.05) is 5.39 Å². The second-order valence-electron chi connectivity index (χ2n) is 5.05. The number of hydroxylamine groups is 1. The van der Waals surface area contributed by atoms with E-state index in [0.29, 0.717) is 0 Å². The van der Waals surface area contributed by atoms with Crippen molar-refractivity contribution in [3.8, 4) is 5.75 Å². The van der Waals surface area contributed by atoms with Gasteiger partial charge in [0.1, 0.15) is 0 Å². The van der Waals surface area contributed by atoms with E-state index in [1.807, 2.05) is 23.3 Å². The molecule has 0 unspecified atom stereocenters. The van der Waals surface area contributed by atoms with E-state index < -0.39 is 0 Å². The molecule has 0 atom stereocenters. The van der Waals surface area contributed by atoms with E-state index in [0.717, 1.165) is 24.1 Å². The average Bonchev–Trinajstić information content (AvgIpc) is 2.91. The Balaban J connectivity index is 1.73. The van der Waals surface area contributed by atoms with E-state index in [9.17, 15) is 0 Å². The Labute approximate surface area is 118 Å². The Hall–Kier alpha value is -2.48. The number of nitrogens with zero attached hydrogens (tertiary/aromatic N) is 1. The van der Waals surface area contributed by atoms with Crippen molar-refractivity contribution in [1.82, 2.24) is 0 Å². The van der Waals surface area contributed by atoms with Gasteiger partial charge < -0.3 is 4.84 Å². The van der Waals surface area contributed by atoms with E-state index in [2.05, 4.69) is 48.5 Å². The number of hydrogen-bond acceptors (Lipinski definition) is 2. The predicted octanol–water partition coefficient (Wildman–Crippen LogP) is 4.20. The summed E-state index contributed by atoms with van der Waals surface area (Å²) >= 11 is 0. The maximum atomic E-state index is 6.15. The lowest BCUT2D eigenvalue weighted by Crippen LogP contribution is -2.24. The number of rotatable bonds is 2. The summed E-state index contributed by atoms with van der Waals surface area (Å²) < 4.78 is 0. The van der Waals surface area contributed by atoms with Crippen molar-refractivity contribution in [1.29, 1.82) is 0 Å². The number of anilines is 1. The maximum Gasteiger partial charge on any atom is 0.163 e. The molecule has 1 aliphatic rings. The van der Waals surface area contributed by atoms with Crippen LogP contribution in [-0.2, 0) is 6.42 Å². The van der Waals surface area contributed by atoms with Gasteiger partial charge >= 0.3 is 0 Å². The van der Waals surface area contributed by atoms with Crippen LogP contribution in [0.4, 0.5) is 5.69 Å². The molecule has 2 nitrogen and oxygen atoms in total. The molecule has 1 heterocycles. The number of para-hydroxylation sites is 1. The van der Waals surface area contributed by atoms with E-state index in [4.69, 9.17) is 4.84 Å². The summed E-state index contributed by atoms with van der Waals surface area (Å²) in [6.07, 6.45) is 1.04. The van der Waals surface area contributed by atoms with Gasteiger partial charge in [-0.2, -0.15) is 0 Å². The Morgan fingerprint density at radius 3 is 2.60 bits per heavy atom. The second kappa shape index (κ2) is 4.57. The van der Waals surface area contributed by atoms with Gasteiger partial charge in [-0.15, -0.1) is 0 Å². The van der Waals surface area contributed by atoms with Gasteiger partial charge in [0.05, 0.1) is 12.2 Å². The minimum atomic E-state index is 0.905. The first-order chi connectivity index (χ1) is 9.92. The highest BCUT2D eigenvalue weighted by Gasteiger charge is 2.20. The van der Waals surface area contributed by atoms with Crippen LogP contribution < -0.4 is 9.90 Å². The molecule has 20 heavy (non-hydrogen) atoms. The Kier molecular flexibility index (Phi) is 2.59. The third-order valence-corrected chi connectivity index (χ3v) is 3.80. The van der Waals surface area contributed by atoms with Gasteiger partial charge in [-0.25, -0.2) is 5.06 Å². The quantitative estimate of drug-likeness (QED) is 0.685. The van der Waals surface area contributed by atoms with Gasteiger partial charge in [-0.05, 0) is 29.5 Å². The fraction of sp³-hybridized carbons (Fsp3) is 0.111. The first-order valence-electron chi connectivity index (χ1n) is 6.93. The van der Waals surface area contributed by atoms with Crippen LogP contribution in [0.15, 0.2) is 66.7 Å². The topological polar surface area (TPSA) is 12.5 Å². The molecule has 0 saturated carbocycles. The van der Waals surface area contributed by atoms with Crippen LogP contribution in [0.3, 0.4) is 0 Å². The Morgan fingerprint density at radius 1 is 0.800 bits per heavy atom. The summed E-state index contributed by atoms with van der Waals surface area (Å²) in [5.41, 5.74) is 2.54. The molecule has 2 heteroatoms. The summed E-state index contributed by atoms with van der Waals surface area (Å²) in [7, 11) is 0. The van der Waals surface area contributed by atoms with Crippen LogP contribution >= 0.6 is 0 Å². The monoisotopic (exact) mass is 261 g/mol. The van der Waals surface area contributed by atoms with E-state index in [1.165, 1.54) is 16.6 Å². The molecule has 0 spiro atoms. The first-order valence-corrected chi connectivity index (χ1v) is 6.93. The van der Waals surface area contributed by atoms with Crippen LogP contribution in [0.1, 0.15) is 5.56 Å². The van der Waals surface area contributed by atoms with Gasteiger partial charge in [-0.1, -0.05) is 54.6 Å². The molecule has 3 aromatic rings. The lowest BCUT2D eigenvalue weighted by Gasteiger charge is -2.20. The van der Waals surface area contributed by atoms with Crippen molar-refractivity contribution in [3.63, 3.8) is 0 Å². The van der Waals surface area contributed by atoms with Crippen LogP contribution in [0.5, 0.6) is 5.75 Å². The zero-order valence-corrected chi connectivity index (χ0v) is 11.1. The molecule has 98 valence electrons. The van der Waals surface area contributed by atoms with E-state index in [1.54, 1.807) is 0 Å². The van der Waals surface area contributed by atoms with Crippen molar-refractivity contribution in [2.45, 2.75) is 6.42 Å². The molecule has 0 fully saturated rings. The molecule has 4 rings (SSSR count). The smallest absolute Gasteiger partial charge is 0.163 e. The molecular formula is C18H15NO. The zero-order valence-electron chi connectivity index (χ0n) is 11.1. The van der Waals surface area contributed by atoms with Crippen molar-refractivity contribution >= 4 is 16.5 Å². The van der Waals surface area contributed by atoms with Crippen LogP contribution in [0, 0.1) is 0 Å². The predicted molar refractivity (Wildman–Crippen MR) is 82.1 cm³/mol. The normalized spacial score (nSPS) is 13.5. The number of benzene rings is 3. The Bertz CT molecular complexity index is 761. The highest BCUT2D eigenvalue weighted by atomic mass is 16.7. The number of hydrogen-bond donors (Lipinski definition) is 0. The SMILES string of the molecule is c1ccc2c(c1)CCN2Oc1cccc2ccccc12. The van der Waals surface area contributed by atoms with Crippen molar-refractivity contribution in [2.75, 3.05) is 11.6 Å². The van der Waals surface area contributed by atoms with Crippen molar-refractivity contribution in [2.24, 2.45) is 0 Å². The van der Waals surface area contributed by atoms with Crippen LogP contribution in [0.2, 0.25) is 0 Å². The fourth-order valence-electron chi connectivity index (χ4n) is 2.80. The summed E-state index contributed by atoms with van der Waals surface area (Å²) in [5.74, 6) is 0.916. The first kappa shape index (κ1) is 11.4. The molecule has 0 aliphatic carbocycles. The summed E-state index contributed by atoms with van der Waals surface area (Å²) in [4.78, 5) is 6.15. The second-order valence-corrected chi connectivity index (χ2v) is 5.05. The lowest BCUT2D eigenvalue weighted by molar-refractivity contribution is 0.292. The minimum absolute atomic E-state index is 0.905. The fourth-order valence-corrected chi connectivity index (χ4v) is 2.80. The van der Waals surface area contributed by atoms with Gasteiger partial charge in [0.2, 0.25) is 0 Å². The Morgan fingerprint density at radius 2 is 1.60 bits per heavy atom. The zero-order chi connectivity index (χ0) is 13.4. The summed E-state index contributed by atoms with van der Waals surface area (Å²) in [6.45, 7) is 0.905. The van der Waals surface area contributed by atoms with Gasteiger partial charge in [0.15, 0.2) is 5.75 Å². The van der Waals surface area contributed by atoms with Gasteiger partial charge in [-0.3, -0.25) is 0 Å². The molecule has 3 aromatic carbocycles. The molecule has 0 saturated heterocycles. The van der Waals surface area contributed by atoms with Crippen molar-refractivity contribution < 1.29 is 4.84 Å². The molecule has 0 aromatic heterocycles. The van der Waals surface area contributed by atoms with Gasteiger partial charge in [0.25, 0.3) is 0 Å². The molecule has 1 aliphatic heterocycles.